The Morgan fingerprint density at radius 2 is 1.88 bits per heavy atom. The van der Waals surface area contributed by atoms with Gasteiger partial charge >= 0.3 is 0 Å². The first-order chi connectivity index (χ1) is 16.1. The molecule has 3 nitrogen and oxygen atoms in total. The summed E-state index contributed by atoms with van der Waals surface area (Å²) in [6.45, 7) is 3.05. The molecule has 2 heterocycles. The van der Waals surface area contributed by atoms with Crippen LogP contribution in [0.1, 0.15) is 28.8 Å². The Labute approximate surface area is 193 Å². The van der Waals surface area contributed by atoms with Gasteiger partial charge in [0, 0.05) is 35.1 Å². The van der Waals surface area contributed by atoms with Crippen LogP contribution in [-0.2, 0) is 24.7 Å². The summed E-state index contributed by atoms with van der Waals surface area (Å²) in [5, 5.41) is 11.0. The molecular weight excluding hydrogens is 411 g/mol. The van der Waals surface area contributed by atoms with E-state index >= 15 is 0 Å². The summed E-state index contributed by atoms with van der Waals surface area (Å²) in [6, 6.07) is 23.8. The predicted molar refractivity (Wildman–Crippen MR) is 130 cm³/mol. The number of likely N-dealkylation sites (tertiary alicyclic amines) is 1. The summed E-state index contributed by atoms with van der Waals surface area (Å²) in [5.74, 6) is 0.558. The number of phenols is 1. The van der Waals surface area contributed by atoms with E-state index in [4.69, 9.17) is 0 Å². The van der Waals surface area contributed by atoms with Crippen LogP contribution in [0.25, 0.3) is 10.9 Å². The number of aromatic nitrogens is 1. The average molecular weight is 441 g/mol. The van der Waals surface area contributed by atoms with E-state index in [9.17, 15) is 9.50 Å². The largest absolute Gasteiger partial charge is 0.508 e. The Hall–Kier alpha value is -3.11. The number of nitrogens with one attached hydrogen (secondary N) is 1. The Balaban J connectivity index is 1.36. The van der Waals surface area contributed by atoms with Crippen molar-refractivity contribution in [1.29, 1.82) is 0 Å². The van der Waals surface area contributed by atoms with Crippen molar-refractivity contribution in [3.05, 3.63) is 101 Å². The highest BCUT2D eigenvalue weighted by Gasteiger charge is 2.48. The first kappa shape index (κ1) is 20.5. The zero-order valence-corrected chi connectivity index (χ0v) is 18.7. The standard InChI is InChI=1S/C29H29FN2O/c30-25-10-5-11-26-28(25)24-17-22-19-32(14-12-20-6-2-1-3-7-20)15-13-29(22,18-27(24)31-26)21-8-4-9-23(33)16-21/h1-11,16,22,31,33H,12-15,17-19H2. The van der Waals surface area contributed by atoms with Crippen LogP contribution in [0, 0.1) is 11.7 Å². The van der Waals surface area contributed by atoms with E-state index in [0.29, 0.717) is 11.7 Å². The Morgan fingerprint density at radius 1 is 1.03 bits per heavy atom. The van der Waals surface area contributed by atoms with Gasteiger partial charge in [0.15, 0.2) is 0 Å². The van der Waals surface area contributed by atoms with E-state index < -0.39 is 0 Å². The van der Waals surface area contributed by atoms with Gasteiger partial charge in [0.05, 0.1) is 0 Å². The molecule has 1 aliphatic carbocycles. The van der Waals surface area contributed by atoms with Gasteiger partial charge in [0.1, 0.15) is 11.6 Å². The summed E-state index contributed by atoms with van der Waals surface area (Å²) in [7, 11) is 0. The highest BCUT2D eigenvalue weighted by atomic mass is 19.1. The lowest BCUT2D eigenvalue weighted by Gasteiger charge is -2.51. The maximum Gasteiger partial charge on any atom is 0.132 e. The molecular formula is C29H29FN2O. The molecule has 6 rings (SSSR count). The van der Waals surface area contributed by atoms with Crippen LogP contribution in [0.5, 0.6) is 5.75 Å². The highest BCUT2D eigenvalue weighted by molar-refractivity contribution is 5.85. The van der Waals surface area contributed by atoms with E-state index in [1.165, 1.54) is 11.1 Å². The van der Waals surface area contributed by atoms with Crippen molar-refractivity contribution in [3.63, 3.8) is 0 Å². The summed E-state index contributed by atoms with van der Waals surface area (Å²) < 4.78 is 14.8. The molecule has 1 saturated heterocycles. The van der Waals surface area contributed by atoms with Gasteiger partial charge in [0.25, 0.3) is 0 Å². The van der Waals surface area contributed by atoms with Crippen LogP contribution >= 0.6 is 0 Å². The smallest absolute Gasteiger partial charge is 0.132 e. The maximum absolute atomic E-state index is 14.8. The van der Waals surface area contributed by atoms with Crippen LogP contribution in [-0.4, -0.2) is 34.6 Å². The third-order valence-electron chi connectivity index (χ3n) is 8.02. The number of hydrogen-bond donors (Lipinski definition) is 2. The molecule has 2 atom stereocenters. The van der Waals surface area contributed by atoms with E-state index in [1.54, 1.807) is 18.2 Å². The second-order valence-electron chi connectivity index (χ2n) is 9.82. The molecule has 2 unspecified atom stereocenters. The van der Waals surface area contributed by atoms with Gasteiger partial charge in [-0.25, -0.2) is 4.39 Å². The van der Waals surface area contributed by atoms with Gasteiger partial charge < -0.3 is 15.0 Å². The molecule has 2 aliphatic rings. The van der Waals surface area contributed by atoms with E-state index in [0.717, 1.165) is 67.5 Å². The normalized spacial score (nSPS) is 22.8. The third-order valence-corrected chi connectivity index (χ3v) is 8.02. The van der Waals surface area contributed by atoms with E-state index in [1.807, 2.05) is 18.2 Å². The number of benzene rings is 3. The molecule has 4 heteroatoms. The molecule has 0 bridgehead atoms. The van der Waals surface area contributed by atoms with Crippen molar-refractivity contribution in [2.24, 2.45) is 5.92 Å². The number of hydrogen-bond acceptors (Lipinski definition) is 2. The SMILES string of the molecule is Oc1cccc(C23CCN(CCc4ccccc4)CC2Cc2c([nH]c4cccc(F)c24)C3)c1. The second kappa shape index (κ2) is 8.03. The molecule has 1 aliphatic heterocycles. The Kier molecular flexibility index (Phi) is 4.99. The fourth-order valence-electron chi connectivity index (χ4n) is 6.33. The van der Waals surface area contributed by atoms with Gasteiger partial charge in [-0.15, -0.1) is 0 Å². The lowest BCUT2D eigenvalue weighted by atomic mass is 9.58. The van der Waals surface area contributed by atoms with Crippen molar-refractivity contribution in [2.45, 2.75) is 31.1 Å². The minimum atomic E-state index is -0.133. The molecule has 0 radical (unpaired) electrons. The molecule has 3 aromatic carbocycles. The number of H-pyrrole nitrogens is 1. The van der Waals surface area contributed by atoms with Gasteiger partial charge in [-0.1, -0.05) is 48.5 Å². The molecule has 0 amide bonds. The zero-order valence-electron chi connectivity index (χ0n) is 18.7. The number of nitrogens with zero attached hydrogens (tertiary/aromatic N) is 1. The number of fused-ring (bicyclic) bond motifs is 4. The molecule has 1 aromatic heterocycles. The van der Waals surface area contributed by atoms with Crippen molar-refractivity contribution in [2.75, 3.05) is 19.6 Å². The second-order valence-corrected chi connectivity index (χ2v) is 9.82. The van der Waals surface area contributed by atoms with Crippen LogP contribution in [0.3, 0.4) is 0 Å². The first-order valence-electron chi connectivity index (χ1n) is 12.0. The molecule has 4 aromatic rings. The molecule has 0 saturated carbocycles. The molecule has 2 N–H and O–H groups in total. The Bertz CT molecular complexity index is 1300. The minimum Gasteiger partial charge on any atom is -0.508 e. The number of halogens is 1. The fraction of sp³-hybridized carbons (Fsp3) is 0.310. The van der Waals surface area contributed by atoms with Crippen LogP contribution in [0.4, 0.5) is 4.39 Å². The van der Waals surface area contributed by atoms with E-state index in [-0.39, 0.29) is 11.2 Å². The van der Waals surface area contributed by atoms with Crippen molar-refractivity contribution in [1.82, 2.24) is 9.88 Å². The van der Waals surface area contributed by atoms with Gasteiger partial charge in [-0.3, -0.25) is 0 Å². The summed E-state index contributed by atoms with van der Waals surface area (Å²) in [5.41, 5.74) is 5.73. The average Bonchev–Trinajstić information content (AvgIpc) is 3.20. The van der Waals surface area contributed by atoms with Crippen molar-refractivity contribution < 1.29 is 9.50 Å². The summed E-state index contributed by atoms with van der Waals surface area (Å²) >= 11 is 0. The van der Waals surface area contributed by atoms with Gasteiger partial charge in [-0.05, 0) is 79.1 Å². The van der Waals surface area contributed by atoms with Crippen LogP contribution in [0.2, 0.25) is 0 Å². The lowest BCUT2D eigenvalue weighted by Crippen LogP contribution is -2.54. The quantitative estimate of drug-likeness (QED) is 0.433. The Morgan fingerprint density at radius 3 is 2.73 bits per heavy atom. The summed E-state index contributed by atoms with van der Waals surface area (Å²) in [4.78, 5) is 6.12. The van der Waals surface area contributed by atoms with E-state index in [2.05, 4.69) is 46.3 Å². The minimum absolute atomic E-state index is 0.0493. The van der Waals surface area contributed by atoms with Gasteiger partial charge in [-0.2, -0.15) is 0 Å². The number of phenolic OH excluding ortho intramolecular Hbond substituents is 1. The van der Waals surface area contributed by atoms with Crippen molar-refractivity contribution in [3.8, 4) is 5.75 Å². The molecule has 33 heavy (non-hydrogen) atoms. The lowest BCUT2D eigenvalue weighted by molar-refractivity contribution is 0.0822. The third kappa shape index (κ3) is 3.53. The first-order valence-corrected chi connectivity index (χ1v) is 12.0. The topological polar surface area (TPSA) is 39.3 Å². The van der Waals surface area contributed by atoms with Crippen molar-refractivity contribution >= 4 is 10.9 Å². The molecule has 1 fully saturated rings. The molecule has 168 valence electrons. The number of aromatic amines is 1. The van der Waals surface area contributed by atoms with Crippen LogP contribution in [0.15, 0.2) is 72.8 Å². The van der Waals surface area contributed by atoms with Gasteiger partial charge in [0.2, 0.25) is 0 Å². The highest BCUT2D eigenvalue weighted by Crippen LogP contribution is 2.49. The zero-order chi connectivity index (χ0) is 22.4. The summed E-state index contributed by atoms with van der Waals surface area (Å²) in [6.07, 6.45) is 3.79. The maximum atomic E-state index is 14.8. The number of aromatic hydroxyl groups is 1. The monoisotopic (exact) mass is 440 g/mol. The molecule has 0 spiro atoms. The number of rotatable bonds is 4. The number of piperidine rings is 1. The van der Waals surface area contributed by atoms with Crippen LogP contribution < -0.4 is 0 Å². The fourth-order valence-corrected chi connectivity index (χ4v) is 6.33. The predicted octanol–water partition coefficient (Wildman–Crippen LogP) is 5.61.